The quantitative estimate of drug-likeness (QED) is 0.718. The summed E-state index contributed by atoms with van der Waals surface area (Å²) in [6, 6.07) is 16.6. The van der Waals surface area contributed by atoms with E-state index in [-0.39, 0.29) is 0 Å². The summed E-state index contributed by atoms with van der Waals surface area (Å²) in [5.74, 6) is 0.780. The molecule has 4 rings (SSSR count). The lowest BCUT2D eigenvalue weighted by Crippen LogP contribution is -2.43. The van der Waals surface area contributed by atoms with E-state index < -0.39 is 0 Å². The molecule has 0 bridgehead atoms. The summed E-state index contributed by atoms with van der Waals surface area (Å²) in [7, 11) is 0. The minimum Gasteiger partial charge on any atom is -0.419 e. The Morgan fingerprint density at radius 2 is 1.88 bits per heavy atom. The largest absolute Gasteiger partial charge is 0.419 e. The van der Waals surface area contributed by atoms with Crippen LogP contribution in [0.4, 0.5) is 5.69 Å². The van der Waals surface area contributed by atoms with E-state index in [1.807, 2.05) is 36.5 Å². The predicted molar refractivity (Wildman–Crippen MR) is 104 cm³/mol. The van der Waals surface area contributed by atoms with Crippen LogP contribution >= 0.6 is 12.0 Å². The summed E-state index contributed by atoms with van der Waals surface area (Å²) in [6.07, 6.45) is 1.82. The molecule has 2 aromatic carbocycles. The predicted octanol–water partition coefficient (Wildman–Crippen LogP) is 4.04. The number of anilines is 1. The summed E-state index contributed by atoms with van der Waals surface area (Å²) in [6.45, 7) is 6.19. The minimum atomic E-state index is 0.780. The fraction of sp³-hybridized carbons (Fsp3) is 0.250. The molecule has 0 unspecified atom stereocenters. The number of hydrogen-bond acceptors (Lipinski definition) is 5. The average molecular weight is 351 g/mol. The van der Waals surface area contributed by atoms with Crippen molar-refractivity contribution in [2.75, 3.05) is 31.1 Å². The Balaban J connectivity index is 1.62. The van der Waals surface area contributed by atoms with Gasteiger partial charge in [-0.25, -0.2) is 0 Å². The van der Waals surface area contributed by atoms with Crippen LogP contribution in [0.25, 0.3) is 10.9 Å². The molecule has 1 aromatic heterocycles. The number of rotatable bonds is 4. The van der Waals surface area contributed by atoms with Crippen molar-refractivity contribution in [1.82, 2.24) is 10.3 Å². The maximum absolute atomic E-state index is 5.87. The first-order chi connectivity index (χ1) is 12.3. The number of nitrogens with one attached hydrogen (secondary N) is 1. The molecule has 0 radical (unpaired) electrons. The maximum Gasteiger partial charge on any atom is 0.156 e. The Morgan fingerprint density at radius 1 is 1.08 bits per heavy atom. The van der Waals surface area contributed by atoms with Gasteiger partial charge in [0.1, 0.15) is 0 Å². The van der Waals surface area contributed by atoms with Crippen molar-refractivity contribution < 1.29 is 4.18 Å². The first-order valence-electron chi connectivity index (χ1n) is 8.56. The zero-order valence-corrected chi connectivity index (χ0v) is 15.1. The smallest absolute Gasteiger partial charge is 0.156 e. The molecule has 25 heavy (non-hydrogen) atoms. The third-order valence-corrected chi connectivity index (χ3v) is 5.20. The van der Waals surface area contributed by atoms with Crippen molar-refractivity contribution >= 4 is 28.6 Å². The molecule has 0 aliphatic carbocycles. The van der Waals surface area contributed by atoms with Crippen LogP contribution in [0.15, 0.2) is 59.6 Å². The van der Waals surface area contributed by atoms with Crippen LogP contribution in [0, 0.1) is 6.92 Å². The van der Waals surface area contributed by atoms with Crippen LogP contribution in [-0.2, 0) is 0 Å². The molecule has 2 heterocycles. The van der Waals surface area contributed by atoms with E-state index in [0.717, 1.165) is 47.7 Å². The van der Waals surface area contributed by atoms with Crippen LogP contribution in [0.1, 0.15) is 5.56 Å². The fourth-order valence-electron chi connectivity index (χ4n) is 3.10. The van der Waals surface area contributed by atoms with Gasteiger partial charge in [-0.3, -0.25) is 4.98 Å². The number of nitrogens with zero attached hydrogens (tertiary/aromatic N) is 2. The van der Waals surface area contributed by atoms with E-state index in [1.165, 1.54) is 23.3 Å². The standard InChI is InChI=1S/C20H21N3OS/c1-15-7-8-19(23-11-9-21-10-12-23)20-18(15)13-16(14-22-20)24-25-17-5-3-2-4-6-17/h2-8,13-14,21H,9-12H2,1H3. The van der Waals surface area contributed by atoms with E-state index in [0.29, 0.717) is 0 Å². The van der Waals surface area contributed by atoms with Crippen molar-refractivity contribution in [3.8, 4) is 5.75 Å². The molecule has 1 aliphatic rings. The topological polar surface area (TPSA) is 37.4 Å². The van der Waals surface area contributed by atoms with Gasteiger partial charge in [-0.2, -0.15) is 0 Å². The van der Waals surface area contributed by atoms with Crippen molar-refractivity contribution in [2.24, 2.45) is 0 Å². The van der Waals surface area contributed by atoms with Crippen LogP contribution in [0.5, 0.6) is 5.75 Å². The first kappa shape index (κ1) is 16.2. The van der Waals surface area contributed by atoms with Crippen molar-refractivity contribution in [1.29, 1.82) is 0 Å². The summed E-state index contributed by atoms with van der Waals surface area (Å²) in [5.41, 5.74) is 3.49. The molecule has 0 spiro atoms. The highest BCUT2D eigenvalue weighted by atomic mass is 32.2. The lowest BCUT2D eigenvalue weighted by Gasteiger charge is -2.30. The highest BCUT2D eigenvalue weighted by Crippen LogP contribution is 2.32. The Morgan fingerprint density at radius 3 is 2.68 bits per heavy atom. The number of pyridine rings is 1. The van der Waals surface area contributed by atoms with Crippen LogP contribution in [-0.4, -0.2) is 31.2 Å². The fourth-order valence-corrected chi connectivity index (χ4v) is 3.65. The second-order valence-corrected chi connectivity index (χ2v) is 6.99. The number of aromatic nitrogens is 1. The lowest BCUT2D eigenvalue weighted by molar-refractivity contribution is 0.590. The van der Waals surface area contributed by atoms with Gasteiger partial charge in [0.05, 0.1) is 29.4 Å². The van der Waals surface area contributed by atoms with Gasteiger partial charge >= 0.3 is 0 Å². The van der Waals surface area contributed by atoms with Crippen molar-refractivity contribution in [3.63, 3.8) is 0 Å². The van der Waals surface area contributed by atoms with Gasteiger partial charge in [-0.15, -0.1) is 0 Å². The number of fused-ring (bicyclic) bond motifs is 1. The molecule has 1 fully saturated rings. The lowest BCUT2D eigenvalue weighted by atomic mass is 10.1. The summed E-state index contributed by atoms with van der Waals surface area (Å²) >= 11 is 1.36. The molecule has 0 atom stereocenters. The first-order valence-corrected chi connectivity index (χ1v) is 9.30. The van der Waals surface area contributed by atoms with Crippen LogP contribution in [0.3, 0.4) is 0 Å². The third-order valence-electron chi connectivity index (χ3n) is 4.46. The number of hydrogen-bond donors (Lipinski definition) is 1. The normalized spacial score (nSPS) is 14.7. The Labute approximate surface area is 152 Å². The number of piperazine rings is 1. The van der Waals surface area contributed by atoms with E-state index in [9.17, 15) is 0 Å². The second-order valence-electron chi connectivity index (χ2n) is 6.19. The monoisotopic (exact) mass is 351 g/mol. The molecule has 3 aromatic rings. The van der Waals surface area contributed by atoms with Crippen LogP contribution < -0.4 is 14.4 Å². The summed E-state index contributed by atoms with van der Waals surface area (Å²) in [5, 5.41) is 4.56. The number of aryl methyl sites for hydroxylation is 1. The highest BCUT2D eigenvalue weighted by Gasteiger charge is 2.15. The van der Waals surface area contributed by atoms with Crippen molar-refractivity contribution in [2.45, 2.75) is 11.8 Å². The minimum absolute atomic E-state index is 0.780. The Bertz CT molecular complexity index is 863. The summed E-state index contributed by atoms with van der Waals surface area (Å²) in [4.78, 5) is 8.21. The van der Waals surface area contributed by atoms with E-state index >= 15 is 0 Å². The molecule has 128 valence electrons. The van der Waals surface area contributed by atoms with E-state index in [1.54, 1.807) is 0 Å². The Kier molecular flexibility index (Phi) is 4.76. The molecular weight excluding hydrogens is 330 g/mol. The van der Waals surface area contributed by atoms with Gasteiger partial charge in [0.15, 0.2) is 5.75 Å². The van der Waals surface area contributed by atoms with E-state index in [2.05, 4.69) is 35.3 Å². The highest BCUT2D eigenvalue weighted by molar-refractivity contribution is 7.95. The van der Waals surface area contributed by atoms with Gasteiger partial charge in [-0.05, 0) is 36.8 Å². The Hall–Kier alpha value is -2.24. The van der Waals surface area contributed by atoms with E-state index in [4.69, 9.17) is 9.17 Å². The molecule has 1 aliphatic heterocycles. The van der Waals surface area contributed by atoms with Gasteiger partial charge < -0.3 is 14.4 Å². The molecule has 4 nitrogen and oxygen atoms in total. The third kappa shape index (κ3) is 3.57. The summed E-state index contributed by atoms with van der Waals surface area (Å²) < 4.78 is 5.87. The van der Waals surface area contributed by atoms with Gasteiger partial charge in [0.25, 0.3) is 0 Å². The molecule has 1 N–H and O–H groups in total. The molecule has 0 saturated carbocycles. The average Bonchev–Trinajstić information content (AvgIpc) is 2.68. The van der Waals surface area contributed by atoms with Gasteiger partial charge in [0.2, 0.25) is 0 Å². The van der Waals surface area contributed by atoms with Crippen LogP contribution in [0.2, 0.25) is 0 Å². The number of benzene rings is 2. The zero-order chi connectivity index (χ0) is 17.1. The SMILES string of the molecule is Cc1ccc(N2CCNCC2)c2ncc(OSc3ccccc3)cc12. The molecular formula is C20H21N3OS. The molecule has 1 saturated heterocycles. The van der Waals surface area contributed by atoms with Gasteiger partial charge in [0, 0.05) is 36.5 Å². The van der Waals surface area contributed by atoms with Crippen molar-refractivity contribution in [3.05, 3.63) is 60.3 Å². The zero-order valence-electron chi connectivity index (χ0n) is 14.2. The second kappa shape index (κ2) is 7.33. The maximum atomic E-state index is 5.87. The van der Waals surface area contributed by atoms with Gasteiger partial charge in [-0.1, -0.05) is 24.3 Å². The molecule has 0 amide bonds. The molecule has 5 heteroatoms.